The van der Waals surface area contributed by atoms with E-state index in [9.17, 15) is 0 Å². The molecule has 1 aliphatic carbocycles. The number of hydrogen-bond donors (Lipinski definition) is 1. The van der Waals surface area contributed by atoms with E-state index in [2.05, 4.69) is 30.1 Å². The molecule has 0 aromatic carbocycles. The van der Waals surface area contributed by atoms with Crippen LogP contribution in [0.25, 0.3) is 0 Å². The molecule has 9 heteroatoms. The molecule has 0 atom stereocenters. The smallest absolute Gasteiger partial charge is 0.155 e. The fraction of sp³-hybridized carbons (Fsp3) is 0.737. The van der Waals surface area contributed by atoms with Gasteiger partial charge in [0, 0.05) is 30.4 Å². The van der Waals surface area contributed by atoms with E-state index < -0.39 is 0 Å². The normalized spacial score (nSPS) is 21.9. The average molecular weight is 428 g/mol. The first-order chi connectivity index (χ1) is 12.9. The van der Waals surface area contributed by atoms with Crippen molar-refractivity contribution in [2.24, 2.45) is 0 Å². The fourth-order valence-electron chi connectivity index (χ4n) is 4.69. The molecule has 3 fully saturated rings. The molecule has 1 N–H and O–H groups in total. The Labute approximate surface area is 179 Å². The molecule has 3 aliphatic rings. The zero-order chi connectivity index (χ0) is 17.3. The second kappa shape index (κ2) is 9.57. The van der Waals surface area contributed by atoms with Crippen molar-refractivity contribution in [1.29, 1.82) is 0 Å². The summed E-state index contributed by atoms with van der Waals surface area (Å²) in [6.07, 6.45) is 11.4. The summed E-state index contributed by atoms with van der Waals surface area (Å²) in [6.45, 7) is 5.50. The number of piperidine rings is 2. The Kier molecular flexibility index (Phi) is 7.36. The van der Waals surface area contributed by atoms with Crippen LogP contribution < -0.4 is 5.32 Å². The van der Waals surface area contributed by atoms with Crippen LogP contribution in [-0.4, -0.2) is 61.7 Å². The van der Waals surface area contributed by atoms with Crippen LogP contribution in [0.3, 0.4) is 0 Å². The summed E-state index contributed by atoms with van der Waals surface area (Å²) in [5.41, 5.74) is 0. The summed E-state index contributed by atoms with van der Waals surface area (Å²) in [5, 5.41) is 17.0. The summed E-state index contributed by atoms with van der Waals surface area (Å²) in [4.78, 5) is 2.72. The van der Waals surface area contributed by atoms with E-state index in [-0.39, 0.29) is 24.8 Å². The molecule has 2 aromatic heterocycles. The van der Waals surface area contributed by atoms with Crippen LogP contribution in [0.5, 0.6) is 0 Å². The van der Waals surface area contributed by atoms with Gasteiger partial charge in [0.25, 0.3) is 0 Å². The first-order valence-corrected chi connectivity index (χ1v) is 10.2. The van der Waals surface area contributed by atoms with Crippen LogP contribution in [-0.2, 0) is 6.54 Å². The molecule has 0 bridgehead atoms. The molecule has 28 heavy (non-hydrogen) atoms. The monoisotopic (exact) mass is 427 g/mol. The molecular weight excluding hydrogens is 397 g/mol. The third-order valence-corrected chi connectivity index (χ3v) is 6.29. The van der Waals surface area contributed by atoms with Crippen LogP contribution in [0.15, 0.2) is 18.5 Å². The van der Waals surface area contributed by atoms with Gasteiger partial charge in [0.2, 0.25) is 0 Å². The predicted octanol–water partition coefficient (Wildman–Crippen LogP) is 2.63. The summed E-state index contributed by atoms with van der Waals surface area (Å²) >= 11 is 0. The van der Waals surface area contributed by atoms with E-state index >= 15 is 0 Å². The lowest BCUT2D eigenvalue weighted by molar-refractivity contribution is 0.124. The Morgan fingerprint density at radius 2 is 1.68 bits per heavy atom. The number of likely N-dealkylation sites (tertiary alicyclic amines) is 1. The van der Waals surface area contributed by atoms with Gasteiger partial charge >= 0.3 is 0 Å². The lowest BCUT2D eigenvalue weighted by Crippen LogP contribution is -2.46. The van der Waals surface area contributed by atoms with Crippen molar-refractivity contribution < 1.29 is 0 Å². The van der Waals surface area contributed by atoms with Gasteiger partial charge in [-0.25, -0.2) is 0 Å². The largest absolute Gasteiger partial charge is 0.317 e. The summed E-state index contributed by atoms with van der Waals surface area (Å²) in [6, 6.07) is 3.37. The Morgan fingerprint density at radius 1 is 0.929 bits per heavy atom. The third kappa shape index (κ3) is 4.53. The van der Waals surface area contributed by atoms with E-state index in [0.717, 1.165) is 18.4 Å². The molecule has 1 saturated carbocycles. The molecule has 2 saturated heterocycles. The van der Waals surface area contributed by atoms with Crippen molar-refractivity contribution in [3.05, 3.63) is 30.1 Å². The van der Waals surface area contributed by atoms with E-state index in [1.165, 1.54) is 70.5 Å². The fourth-order valence-corrected chi connectivity index (χ4v) is 4.69. The van der Waals surface area contributed by atoms with Gasteiger partial charge in [-0.05, 0) is 70.8 Å². The van der Waals surface area contributed by atoms with Crippen LogP contribution in [0, 0.1) is 0 Å². The standard InChI is InChI=1S/C19H29N7.2ClH/c1-8-21-25(11-1)14-18-22-23-19(26(18)17-2-3-17)15-6-12-24(13-7-15)16-4-9-20-10-5-16;;/h1,8,11,15-17,20H,2-7,9-10,12-14H2;2*1H. The van der Waals surface area contributed by atoms with E-state index in [1.54, 1.807) is 0 Å². The molecule has 5 rings (SSSR count). The maximum absolute atomic E-state index is 4.66. The Morgan fingerprint density at radius 3 is 2.32 bits per heavy atom. The highest BCUT2D eigenvalue weighted by Crippen LogP contribution is 2.40. The second-order valence-corrected chi connectivity index (χ2v) is 8.07. The zero-order valence-electron chi connectivity index (χ0n) is 16.2. The van der Waals surface area contributed by atoms with Crippen molar-refractivity contribution in [2.45, 2.75) is 63.1 Å². The number of hydrogen-bond acceptors (Lipinski definition) is 5. The van der Waals surface area contributed by atoms with Gasteiger partial charge in [0.15, 0.2) is 5.82 Å². The minimum Gasteiger partial charge on any atom is -0.317 e. The quantitative estimate of drug-likeness (QED) is 0.794. The molecule has 0 radical (unpaired) electrons. The molecule has 0 unspecified atom stereocenters. The minimum atomic E-state index is 0. The highest BCUT2D eigenvalue weighted by molar-refractivity contribution is 5.85. The van der Waals surface area contributed by atoms with Crippen LogP contribution in [0.4, 0.5) is 0 Å². The lowest BCUT2D eigenvalue weighted by atomic mass is 9.93. The molecule has 7 nitrogen and oxygen atoms in total. The summed E-state index contributed by atoms with van der Waals surface area (Å²) < 4.78 is 4.40. The molecule has 0 spiro atoms. The summed E-state index contributed by atoms with van der Waals surface area (Å²) in [5.74, 6) is 2.87. The van der Waals surface area contributed by atoms with Crippen molar-refractivity contribution in [1.82, 2.24) is 34.8 Å². The average Bonchev–Trinajstić information content (AvgIpc) is 3.24. The number of rotatable bonds is 5. The van der Waals surface area contributed by atoms with E-state index in [1.807, 2.05) is 23.1 Å². The molecule has 0 amide bonds. The maximum Gasteiger partial charge on any atom is 0.155 e. The number of nitrogens with one attached hydrogen (secondary N) is 1. The maximum atomic E-state index is 4.66. The van der Waals surface area contributed by atoms with Crippen molar-refractivity contribution in [3.8, 4) is 0 Å². The lowest BCUT2D eigenvalue weighted by Gasteiger charge is -2.39. The van der Waals surface area contributed by atoms with E-state index in [4.69, 9.17) is 0 Å². The molecule has 2 aliphatic heterocycles. The van der Waals surface area contributed by atoms with Gasteiger partial charge in [-0.2, -0.15) is 5.10 Å². The molecular formula is C19H31Cl2N7. The first kappa shape index (κ1) is 21.6. The van der Waals surface area contributed by atoms with Crippen LogP contribution in [0.1, 0.15) is 62.1 Å². The number of halogens is 2. The highest BCUT2D eigenvalue weighted by Gasteiger charge is 2.34. The van der Waals surface area contributed by atoms with Gasteiger partial charge in [0.1, 0.15) is 12.4 Å². The second-order valence-electron chi connectivity index (χ2n) is 8.07. The predicted molar refractivity (Wildman–Crippen MR) is 114 cm³/mol. The third-order valence-electron chi connectivity index (χ3n) is 6.29. The van der Waals surface area contributed by atoms with Gasteiger partial charge in [-0.15, -0.1) is 35.0 Å². The Balaban J connectivity index is 0.00000112. The van der Waals surface area contributed by atoms with E-state index in [0.29, 0.717) is 12.0 Å². The first-order valence-electron chi connectivity index (χ1n) is 10.2. The van der Waals surface area contributed by atoms with Gasteiger partial charge in [0.05, 0.1) is 0 Å². The highest BCUT2D eigenvalue weighted by atomic mass is 35.5. The van der Waals surface area contributed by atoms with Crippen molar-refractivity contribution >= 4 is 24.8 Å². The Bertz CT molecular complexity index is 715. The topological polar surface area (TPSA) is 63.8 Å². The SMILES string of the molecule is Cl.Cl.c1cnn(Cc2nnc(C3CCN(C4CCNCC4)CC3)n2C2CC2)c1. The number of aromatic nitrogens is 5. The van der Waals surface area contributed by atoms with Gasteiger partial charge < -0.3 is 14.8 Å². The minimum absolute atomic E-state index is 0. The van der Waals surface area contributed by atoms with Gasteiger partial charge in [-0.3, -0.25) is 4.68 Å². The van der Waals surface area contributed by atoms with Crippen molar-refractivity contribution in [2.75, 3.05) is 26.2 Å². The summed E-state index contributed by atoms with van der Waals surface area (Å²) in [7, 11) is 0. The number of nitrogens with zero attached hydrogens (tertiary/aromatic N) is 6. The molecule has 2 aromatic rings. The van der Waals surface area contributed by atoms with Crippen LogP contribution in [0.2, 0.25) is 0 Å². The Hall–Kier alpha value is -1.15. The van der Waals surface area contributed by atoms with Crippen LogP contribution >= 0.6 is 24.8 Å². The zero-order valence-corrected chi connectivity index (χ0v) is 17.9. The van der Waals surface area contributed by atoms with Crippen molar-refractivity contribution in [3.63, 3.8) is 0 Å². The molecule has 4 heterocycles. The molecule has 156 valence electrons. The van der Waals surface area contributed by atoms with Gasteiger partial charge in [-0.1, -0.05) is 0 Å².